The molecule has 0 aliphatic carbocycles. The first-order valence-electron chi connectivity index (χ1n) is 7.12. The molecule has 1 aliphatic heterocycles. The SMILES string of the molecule is COc1cnc(C)cc1NCCC1CCN(C)CC1. The summed E-state index contributed by atoms with van der Waals surface area (Å²) in [6.07, 6.45) is 5.67. The molecular weight excluding hydrogens is 238 g/mol. The Labute approximate surface area is 116 Å². The van der Waals surface area contributed by atoms with Crippen LogP contribution in [0.15, 0.2) is 12.3 Å². The van der Waals surface area contributed by atoms with E-state index in [4.69, 9.17) is 4.74 Å². The molecule has 0 amide bonds. The normalized spacial score (nSPS) is 17.4. The predicted octanol–water partition coefficient (Wildman–Crippen LogP) is 2.54. The third-order valence-corrected chi connectivity index (χ3v) is 3.93. The Morgan fingerprint density at radius 3 is 2.84 bits per heavy atom. The first-order valence-corrected chi connectivity index (χ1v) is 7.12. The van der Waals surface area contributed by atoms with Crippen molar-refractivity contribution in [2.24, 2.45) is 5.92 Å². The Hall–Kier alpha value is -1.29. The number of likely N-dealkylation sites (tertiary alicyclic amines) is 1. The molecule has 4 heteroatoms. The summed E-state index contributed by atoms with van der Waals surface area (Å²) >= 11 is 0. The van der Waals surface area contributed by atoms with Crippen LogP contribution < -0.4 is 10.1 Å². The fourth-order valence-electron chi connectivity index (χ4n) is 2.61. The van der Waals surface area contributed by atoms with Gasteiger partial charge in [-0.3, -0.25) is 4.98 Å². The minimum absolute atomic E-state index is 0.828. The van der Waals surface area contributed by atoms with Crippen LogP contribution in [0.1, 0.15) is 25.0 Å². The van der Waals surface area contributed by atoms with Crippen LogP contribution in [0.3, 0.4) is 0 Å². The fraction of sp³-hybridized carbons (Fsp3) is 0.667. The number of hydrogen-bond acceptors (Lipinski definition) is 4. The molecule has 1 aromatic rings. The van der Waals surface area contributed by atoms with Gasteiger partial charge in [0.1, 0.15) is 0 Å². The molecule has 106 valence electrons. The number of aromatic nitrogens is 1. The average molecular weight is 263 g/mol. The monoisotopic (exact) mass is 263 g/mol. The number of ether oxygens (including phenoxy) is 1. The molecule has 1 aromatic heterocycles. The summed E-state index contributed by atoms with van der Waals surface area (Å²) in [7, 11) is 3.90. The lowest BCUT2D eigenvalue weighted by molar-refractivity contribution is 0.215. The van der Waals surface area contributed by atoms with E-state index in [1.807, 2.05) is 13.0 Å². The van der Waals surface area contributed by atoms with Gasteiger partial charge in [0.15, 0.2) is 5.75 Å². The predicted molar refractivity (Wildman–Crippen MR) is 78.9 cm³/mol. The second kappa shape index (κ2) is 6.75. The Morgan fingerprint density at radius 2 is 2.16 bits per heavy atom. The molecule has 0 unspecified atom stereocenters. The van der Waals surface area contributed by atoms with Crippen molar-refractivity contribution in [3.05, 3.63) is 18.0 Å². The molecule has 1 N–H and O–H groups in total. The van der Waals surface area contributed by atoms with E-state index in [1.54, 1.807) is 13.3 Å². The molecule has 0 saturated carbocycles. The number of nitrogens with one attached hydrogen (secondary N) is 1. The van der Waals surface area contributed by atoms with Crippen molar-refractivity contribution in [1.82, 2.24) is 9.88 Å². The topological polar surface area (TPSA) is 37.4 Å². The van der Waals surface area contributed by atoms with Crippen LogP contribution in [0.4, 0.5) is 5.69 Å². The van der Waals surface area contributed by atoms with Gasteiger partial charge in [0.25, 0.3) is 0 Å². The van der Waals surface area contributed by atoms with Gasteiger partial charge >= 0.3 is 0 Å². The van der Waals surface area contributed by atoms with Crippen LogP contribution >= 0.6 is 0 Å². The molecule has 0 atom stereocenters. The molecular formula is C15H25N3O. The number of hydrogen-bond donors (Lipinski definition) is 1. The van der Waals surface area contributed by atoms with Gasteiger partial charge in [0.2, 0.25) is 0 Å². The van der Waals surface area contributed by atoms with Crippen molar-refractivity contribution in [2.75, 3.05) is 39.1 Å². The summed E-state index contributed by atoms with van der Waals surface area (Å²) in [5.41, 5.74) is 2.07. The summed E-state index contributed by atoms with van der Waals surface area (Å²) in [5, 5.41) is 3.48. The van der Waals surface area contributed by atoms with Crippen LogP contribution in [-0.4, -0.2) is 43.7 Å². The molecule has 0 aromatic carbocycles. The first kappa shape index (κ1) is 14.1. The van der Waals surface area contributed by atoms with Crippen molar-refractivity contribution in [1.29, 1.82) is 0 Å². The third-order valence-electron chi connectivity index (χ3n) is 3.93. The van der Waals surface area contributed by atoms with Gasteiger partial charge in [-0.05, 0) is 58.3 Å². The van der Waals surface area contributed by atoms with Crippen LogP contribution in [0.25, 0.3) is 0 Å². The minimum atomic E-state index is 0.828. The first-order chi connectivity index (χ1) is 9.19. The molecule has 1 saturated heterocycles. The van der Waals surface area contributed by atoms with E-state index < -0.39 is 0 Å². The number of anilines is 1. The number of aryl methyl sites for hydroxylation is 1. The maximum atomic E-state index is 5.33. The third kappa shape index (κ3) is 4.10. The highest BCUT2D eigenvalue weighted by atomic mass is 16.5. The van der Waals surface area contributed by atoms with E-state index >= 15 is 0 Å². The van der Waals surface area contributed by atoms with Gasteiger partial charge in [-0.1, -0.05) is 0 Å². The van der Waals surface area contributed by atoms with Gasteiger partial charge < -0.3 is 15.0 Å². The molecule has 19 heavy (non-hydrogen) atoms. The van der Waals surface area contributed by atoms with E-state index in [1.165, 1.54) is 32.4 Å². The fourth-order valence-corrected chi connectivity index (χ4v) is 2.61. The van der Waals surface area contributed by atoms with Crippen molar-refractivity contribution in [3.8, 4) is 5.75 Å². The zero-order valence-electron chi connectivity index (χ0n) is 12.3. The average Bonchev–Trinajstić information content (AvgIpc) is 2.41. The number of rotatable bonds is 5. The zero-order chi connectivity index (χ0) is 13.7. The number of piperidine rings is 1. The lowest BCUT2D eigenvalue weighted by Gasteiger charge is -2.29. The molecule has 4 nitrogen and oxygen atoms in total. The van der Waals surface area contributed by atoms with Gasteiger partial charge in [-0.15, -0.1) is 0 Å². The standard InChI is InChI=1S/C15H25N3O/c1-12-10-14(15(19-3)11-17-12)16-7-4-13-5-8-18(2)9-6-13/h10-11,13H,4-9H2,1-3H3,(H,16,17). The summed E-state index contributed by atoms with van der Waals surface area (Å²) in [5.74, 6) is 1.69. The van der Waals surface area contributed by atoms with Crippen LogP contribution in [-0.2, 0) is 0 Å². The van der Waals surface area contributed by atoms with Crippen LogP contribution in [0.2, 0.25) is 0 Å². The minimum Gasteiger partial charge on any atom is -0.493 e. The summed E-state index contributed by atoms with van der Waals surface area (Å²) < 4.78 is 5.33. The Morgan fingerprint density at radius 1 is 1.42 bits per heavy atom. The summed E-state index contributed by atoms with van der Waals surface area (Å²) in [4.78, 5) is 6.66. The molecule has 1 aliphatic rings. The van der Waals surface area contributed by atoms with E-state index in [0.717, 1.165) is 29.6 Å². The lowest BCUT2D eigenvalue weighted by Crippen LogP contribution is -2.30. The van der Waals surface area contributed by atoms with E-state index in [2.05, 4.69) is 22.2 Å². The second-order valence-electron chi connectivity index (χ2n) is 5.49. The quantitative estimate of drug-likeness (QED) is 0.886. The molecule has 0 spiro atoms. The number of nitrogens with zero attached hydrogens (tertiary/aromatic N) is 2. The van der Waals surface area contributed by atoms with Gasteiger partial charge in [-0.2, -0.15) is 0 Å². The van der Waals surface area contributed by atoms with Gasteiger partial charge in [-0.25, -0.2) is 0 Å². The number of methoxy groups -OCH3 is 1. The van der Waals surface area contributed by atoms with Crippen molar-refractivity contribution in [2.45, 2.75) is 26.2 Å². The zero-order valence-corrected chi connectivity index (χ0v) is 12.3. The molecule has 0 bridgehead atoms. The van der Waals surface area contributed by atoms with Crippen LogP contribution in [0, 0.1) is 12.8 Å². The van der Waals surface area contributed by atoms with Gasteiger partial charge in [0, 0.05) is 12.2 Å². The highest BCUT2D eigenvalue weighted by Crippen LogP contribution is 2.24. The maximum Gasteiger partial charge on any atom is 0.160 e. The number of pyridine rings is 1. The van der Waals surface area contributed by atoms with E-state index in [0.29, 0.717) is 0 Å². The van der Waals surface area contributed by atoms with Crippen LogP contribution in [0.5, 0.6) is 5.75 Å². The Balaban J connectivity index is 1.80. The smallest absolute Gasteiger partial charge is 0.160 e. The second-order valence-corrected chi connectivity index (χ2v) is 5.49. The highest BCUT2D eigenvalue weighted by molar-refractivity contribution is 5.55. The molecule has 0 radical (unpaired) electrons. The largest absolute Gasteiger partial charge is 0.493 e. The highest BCUT2D eigenvalue weighted by Gasteiger charge is 2.16. The molecule has 2 rings (SSSR count). The summed E-state index contributed by atoms with van der Waals surface area (Å²) in [6.45, 7) is 5.49. The maximum absolute atomic E-state index is 5.33. The summed E-state index contributed by atoms with van der Waals surface area (Å²) in [6, 6.07) is 2.05. The van der Waals surface area contributed by atoms with E-state index in [9.17, 15) is 0 Å². The van der Waals surface area contributed by atoms with Crippen molar-refractivity contribution in [3.63, 3.8) is 0 Å². The van der Waals surface area contributed by atoms with Crippen molar-refractivity contribution < 1.29 is 4.74 Å². The lowest BCUT2D eigenvalue weighted by atomic mass is 9.94. The Bertz CT molecular complexity index is 400. The molecule has 2 heterocycles. The van der Waals surface area contributed by atoms with E-state index in [-0.39, 0.29) is 0 Å². The Kier molecular flexibility index (Phi) is 5.02. The van der Waals surface area contributed by atoms with Crippen molar-refractivity contribution >= 4 is 5.69 Å². The van der Waals surface area contributed by atoms with Gasteiger partial charge in [0.05, 0.1) is 19.0 Å². The molecule has 1 fully saturated rings.